The molecule has 2 aliphatic heterocycles. The third-order valence-electron chi connectivity index (χ3n) is 4.56. The van der Waals surface area contributed by atoms with Crippen molar-refractivity contribution in [2.75, 3.05) is 46.3 Å². The molecule has 0 bridgehead atoms. The molecular formula is C14H27N3O. The normalized spacial score (nSPS) is 29.4. The van der Waals surface area contributed by atoms with Crippen molar-refractivity contribution in [3.8, 4) is 0 Å². The summed E-state index contributed by atoms with van der Waals surface area (Å²) >= 11 is 0. The maximum Gasteiger partial charge on any atom is 0.236 e. The number of carbonyl (C=O) groups excluding carboxylic acids is 1. The molecular weight excluding hydrogens is 226 g/mol. The minimum absolute atomic E-state index is 0.262. The molecule has 0 aromatic carbocycles. The molecule has 1 amide bonds. The number of likely N-dealkylation sites (N-methyl/N-ethyl adjacent to an activating group) is 1. The Balaban J connectivity index is 1.88. The number of hydrogen-bond acceptors (Lipinski definition) is 3. The largest absolute Gasteiger partial charge is 0.345 e. The van der Waals surface area contributed by atoms with Crippen molar-refractivity contribution in [3.05, 3.63) is 0 Å². The van der Waals surface area contributed by atoms with Crippen LogP contribution in [0.4, 0.5) is 0 Å². The van der Waals surface area contributed by atoms with Crippen LogP contribution in [0.5, 0.6) is 0 Å². The molecule has 0 aromatic heterocycles. The van der Waals surface area contributed by atoms with Gasteiger partial charge in [0, 0.05) is 26.7 Å². The molecule has 0 aliphatic carbocycles. The Morgan fingerprint density at radius 2 is 2.17 bits per heavy atom. The Morgan fingerprint density at radius 3 is 2.83 bits per heavy atom. The molecule has 2 aliphatic rings. The van der Waals surface area contributed by atoms with Crippen LogP contribution in [0.15, 0.2) is 0 Å². The van der Waals surface area contributed by atoms with Gasteiger partial charge in [0.25, 0.3) is 0 Å². The number of likely N-dealkylation sites (tertiary alicyclic amines) is 1. The summed E-state index contributed by atoms with van der Waals surface area (Å²) in [6.07, 6.45) is 5.18. The smallest absolute Gasteiger partial charge is 0.236 e. The van der Waals surface area contributed by atoms with Crippen molar-refractivity contribution in [3.63, 3.8) is 0 Å². The second kappa shape index (κ2) is 6.02. The SMILES string of the molecule is CCN(C)C(=O)CN1CCCC2(CCCNC2)C1. The summed E-state index contributed by atoms with van der Waals surface area (Å²) in [4.78, 5) is 16.2. The van der Waals surface area contributed by atoms with E-state index in [4.69, 9.17) is 0 Å². The molecule has 1 N–H and O–H groups in total. The third kappa shape index (κ3) is 3.23. The zero-order chi connectivity index (χ0) is 13.0. The quantitative estimate of drug-likeness (QED) is 0.813. The monoisotopic (exact) mass is 253 g/mol. The Labute approximate surface area is 111 Å². The summed E-state index contributed by atoms with van der Waals surface area (Å²) in [5.41, 5.74) is 0.446. The first kappa shape index (κ1) is 13.8. The van der Waals surface area contributed by atoms with Crippen LogP contribution in [0, 0.1) is 5.41 Å². The van der Waals surface area contributed by atoms with E-state index in [0.717, 1.165) is 26.2 Å². The maximum absolute atomic E-state index is 12.0. The van der Waals surface area contributed by atoms with Crippen LogP contribution in [-0.4, -0.2) is 62.0 Å². The number of rotatable bonds is 3. The number of hydrogen-bond donors (Lipinski definition) is 1. The molecule has 2 saturated heterocycles. The van der Waals surface area contributed by atoms with Gasteiger partial charge in [-0.15, -0.1) is 0 Å². The number of amides is 1. The van der Waals surface area contributed by atoms with Gasteiger partial charge in [-0.05, 0) is 51.1 Å². The van der Waals surface area contributed by atoms with Gasteiger partial charge in [-0.1, -0.05) is 0 Å². The summed E-state index contributed by atoms with van der Waals surface area (Å²) in [5.74, 6) is 0.262. The van der Waals surface area contributed by atoms with Crippen molar-refractivity contribution < 1.29 is 4.79 Å². The lowest BCUT2D eigenvalue weighted by Gasteiger charge is -2.45. The fourth-order valence-electron chi connectivity index (χ4n) is 3.31. The zero-order valence-electron chi connectivity index (χ0n) is 11.9. The van der Waals surface area contributed by atoms with Crippen molar-refractivity contribution >= 4 is 5.91 Å². The summed E-state index contributed by atoms with van der Waals surface area (Å²) in [5, 5.41) is 3.53. The van der Waals surface area contributed by atoms with E-state index in [1.165, 1.54) is 32.2 Å². The lowest BCUT2D eigenvalue weighted by Crippen LogP contribution is -2.52. The second-order valence-corrected chi connectivity index (χ2v) is 6.00. The highest BCUT2D eigenvalue weighted by Gasteiger charge is 2.36. The van der Waals surface area contributed by atoms with Gasteiger partial charge in [0.2, 0.25) is 5.91 Å². The van der Waals surface area contributed by atoms with Gasteiger partial charge in [0.1, 0.15) is 0 Å². The van der Waals surface area contributed by atoms with Crippen molar-refractivity contribution in [2.24, 2.45) is 5.41 Å². The fourth-order valence-corrected chi connectivity index (χ4v) is 3.31. The maximum atomic E-state index is 12.0. The molecule has 4 heteroatoms. The van der Waals surface area contributed by atoms with E-state index in [-0.39, 0.29) is 5.91 Å². The van der Waals surface area contributed by atoms with E-state index in [2.05, 4.69) is 10.2 Å². The van der Waals surface area contributed by atoms with Crippen LogP contribution in [-0.2, 0) is 4.79 Å². The Morgan fingerprint density at radius 1 is 1.39 bits per heavy atom. The van der Waals surface area contributed by atoms with Crippen LogP contribution in [0.25, 0.3) is 0 Å². The predicted octanol–water partition coefficient (Wildman–Crippen LogP) is 0.930. The molecule has 0 aromatic rings. The highest BCUT2D eigenvalue weighted by Crippen LogP contribution is 2.35. The first-order valence-electron chi connectivity index (χ1n) is 7.32. The second-order valence-electron chi connectivity index (χ2n) is 6.00. The van der Waals surface area contributed by atoms with E-state index in [1.54, 1.807) is 0 Å². The van der Waals surface area contributed by atoms with Crippen LogP contribution >= 0.6 is 0 Å². The summed E-state index contributed by atoms with van der Waals surface area (Å²) in [6, 6.07) is 0. The molecule has 18 heavy (non-hydrogen) atoms. The highest BCUT2D eigenvalue weighted by atomic mass is 16.2. The molecule has 104 valence electrons. The first-order chi connectivity index (χ1) is 8.65. The average Bonchev–Trinajstić information content (AvgIpc) is 2.38. The predicted molar refractivity (Wildman–Crippen MR) is 73.5 cm³/mol. The van der Waals surface area contributed by atoms with Crippen LogP contribution in [0.3, 0.4) is 0 Å². The van der Waals surface area contributed by atoms with Crippen molar-refractivity contribution in [1.82, 2.24) is 15.1 Å². The van der Waals surface area contributed by atoms with E-state index in [9.17, 15) is 4.79 Å². The van der Waals surface area contributed by atoms with Gasteiger partial charge in [-0.25, -0.2) is 0 Å². The molecule has 4 nitrogen and oxygen atoms in total. The molecule has 0 saturated carbocycles. The summed E-state index contributed by atoms with van der Waals surface area (Å²) in [7, 11) is 1.89. The Bertz CT molecular complexity index is 281. The van der Waals surface area contributed by atoms with Crippen molar-refractivity contribution in [1.29, 1.82) is 0 Å². The first-order valence-corrected chi connectivity index (χ1v) is 7.32. The lowest BCUT2D eigenvalue weighted by atomic mass is 9.74. The number of piperidine rings is 2. The molecule has 2 rings (SSSR count). The number of nitrogens with zero attached hydrogens (tertiary/aromatic N) is 2. The van der Waals surface area contributed by atoms with Gasteiger partial charge in [0.15, 0.2) is 0 Å². The molecule has 1 spiro atoms. The highest BCUT2D eigenvalue weighted by molar-refractivity contribution is 5.77. The number of carbonyl (C=O) groups is 1. The molecule has 2 heterocycles. The lowest BCUT2D eigenvalue weighted by molar-refractivity contribution is -0.131. The minimum atomic E-state index is 0.262. The van der Waals surface area contributed by atoms with Crippen LogP contribution in [0.2, 0.25) is 0 Å². The van der Waals surface area contributed by atoms with E-state index in [0.29, 0.717) is 12.0 Å². The van der Waals surface area contributed by atoms with E-state index in [1.807, 2.05) is 18.9 Å². The number of nitrogens with one attached hydrogen (secondary N) is 1. The van der Waals surface area contributed by atoms with Gasteiger partial charge < -0.3 is 10.2 Å². The van der Waals surface area contributed by atoms with E-state index < -0.39 is 0 Å². The van der Waals surface area contributed by atoms with Crippen LogP contribution < -0.4 is 5.32 Å². The summed E-state index contributed by atoms with van der Waals surface area (Å²) < 4.78 is 0. The van der Waals surface area contributed by atoms with Crippen LogP contribution in [0.1, 0.15) is 32.6 Å². The molecule has 2 fully saturated rings. The summed E-state index contributed by atoms with van der Waals surface area (Å²) in [6.45, 7) is 7.93. The zero-order valence-corrected chi connectivity index (χ0v) is 11.9. The average molecular weight is 253 g/mol. The van der Waals surface area contributed by atoms with Gasteiger partial charge >= 0.3 is 0 Å². The van der Waals surface area contributed by atoms with Gasteiger partial charge in [-0.2, -0.15) is 0 Å². The van der Waals surface area contributed by atoms with Gasteiger partial charge in [-0.3, -0.25) is 9.69 Å². The Hall–Kier alpha value is -0.610. The van der Waals surface area contributed by atoms with E-state index >= 15 is 0 Å². The van der Waals surface area contributed by atoms with Gasteiger partial charge in [0.05, 0.1) is 6.54 Å². The third-order valence-corrected chi connectivity index (χ3v) is 4.56. The molecule has 1 atom stereocenters. The fraction of sp³-hybridized carbons (Fsp3) is 0.929. The Kier molecular flexibility index (Phi) is 4.62. The van der Waals surface area contributed by atoms with Crippen molar-refractivity contribution in [2.45, 2.75) is 32.6 Å². The standard InChI is InChI=1S/C14H27N3O/c1-3-16(2)13(18)10-17-9-5-7-14(12-17)6-4-8-15-11-14/h15H,3-12H2,1-2H3. The molecule has 0 radical (unpaired) electrons. The topological polar surface area (TPSA) is 35.6 Å². The molecule has 1 unspecified atom stereocenters. The minimum Gasteiger partial charge on any atom is -0.345 e.